The van der Waals surface area contributed by atoms with Crippen LogP contribution in [0.25, 0.3) is 0 Å². The van der Waals surface area contributed by atoms with Gasteiger partial charge in [-0.2, -0.15) is 0 Å². The number of aryl methyl sites for hydroxylation is 1. The quantitative estimate of drug-likeness (QED) is 0.904. The zero-order valence-corrected chi connectivity index (χ0v) is 12.6. The maximum Gasteiger partial charge on any atom is 0.150 e. The fraction of sp³-hybridized carbons (Fsp3) is 0.692. The van der Waals surface area contributed by atoms with Gasteiger partial charge in [-0.1, -0.05) is 6.92 Å². The van der Waals surface area contributed by atoms with Gasteiger partial charge >= 0.3 is 0 Å². The van der Waals surface area contributed by atoms with Crippen LogP contribution in [0.1, 0.15) is 36.1 Å². The van der Waals surface area contributed by atoms with Crippen LogP contribution in [-0.4, -0.2) is 26.5 Å². The van der Waals surface area contributed by atoms with Gasteiger partial charge in [0, 0.05) is 15.8 Å². The van der Waals surface area contributed by atoms with Crippen LogP contribution >= 0.6 is 11.3 Å². The first-order chi connectivity index (χ1) is 8.50. The second kappa shape index (κ2) is 5.72. The van der Waals surface area contributed by atoms with Crippen molar-refractivity contribution in [1.82, 2.24) is 5.32 Å². The molecule has 2 heterocycles. The van der Waals surface area contributed by atoms with Crippen molar-refractivity contribution in [3.8, 4) is 0 Å². The van der Waals surface area contributed by atoms with Crippen molar-refractivity contribution >= 4 is 21.2 Å². The largest absolute Gasteiger partial charge is 0.309 e. The van der Waals surface area contributed by atoms with Crippen LogP contribution in [0, 0.1) is 5.92 Å². The van der Waals surface area contributed by atoms with Crippen molar-refractivity contribution in [2.24, 2.45) is 5.92 Å². The van der Waals surface area contributed by atoms with E-state index < -0.39 is 9.84 Å². The lowest BCUT2D eigenvalue weighted by Gasteiger charge is -2.15. The Morgan fingerprint density at radius 2 is 2.28 bits per heavy atom. The van der Waals surface area contributed by atoms with Gasteiger partial charge in [0.1, 0.15) is 0 Å². The lowest BCUT2D eigenvalue weighted by atomic mass is 10.1. The summed E-state index contributed by atoms with van der Waals surface area (Å²) in [6, 6.07) is 4.67. The molecule has 1 aliphatic heterocycles. The average Bonchev–Trinajstić information content (AvgIpc) is 2.92. The standard InChI is InChI=1S/C13H21NO2S2/c1-3-12-4-5-13(17-12)10(2)14-8-11-6-7-18(15,16)9-11/h4-5,10-11,14H,3,6-9H2,1-2H3. The van der Waals surface area contributed by atoms with Crippen LogP contribution in [-0.2, 0) is 16.3 Å². The zero-order valence-electron chi connectivity index (χ0n) is 11.0. The molecule has 2 rings (SSSR count). The average molecular weight is 287 g/mol. The summed E-state index contributed by atoms with van der Waals surface area (Å²) in [4.78, 5) is 2.75. The monoisotopic (exact) mass is 287 g/mol. The predicted molar refractivity (Wildman–Crippen MR) is 76.9 cm³/mol. The van der Waals surface area contributed by atoms with Gasteiger partial charge in [-0.15, -0.1) is 11.3 Å². The third-order valence-corrected chi connectivity index (χ3v) is 6.75. The van der Waals surface area contributed by atoms with Crippen molar-refractivity contribution in [3.05, 3.63) is 21.9 Å². The molecule has 0 spiro atoms. The number of hydrogen-bond donors (Lipinski definition) is 1. The van der Waals surface area contributed by atoms with E-state index in [0.717, 1.165) is 19.4 Å². The van der Waals surface area contributed by atoms with Crippen LogP contribution in [0.4, 0.5) is 0 Å². The highest BCUT2D eigenvalue weighted by Gasteiger charge is 2.27. The van der Waals surface area contributed by atoms with Gasteiger partial charge in [-0.25, -0.2) is 8.42 Å². The number of nitrogens with one attached hydrogen (secondary N) is 1. The first kappa shape index (κ1) is 14.0. The molecule has 5 heteroatoms. The minimum Gasteiger partial charge on any atom is -0.309 e. The van der Waals surface area contributed by atoms with E-state index in [4.69, 9.17) is 0 Å². The number of hydrogen-bond acceptors (Lipinski definition) is 4. The first-order valence-corrected chi connectivity index (χ1v) is 9.16. The molecular weight excluding hydrogens is 266 g/mol. The molecule has 102 valence electrons. The number of rotatable bonds is 5. The molecule has 0 bridgehead atoms. The SMILES string of the molecule is CCc1ccc(C(C)NCC2CCS(=O)(=O)C2)s1. The Morgan fingerprint density at radius 3 is 2.83 bits per heavy atom. The topological polar surface area (TPSA) is 46.2 Å². The second-order valence-electron chi connectivity index (χ2n) is 5.06. The van der Waals surface area contributed by atoms with E-state index >= 15 is 0 Å². The Hall–Kier alpha value is -0.390. The molecule has 1 aromatic heterocycles. The van der Waals surface area contributed by atoms with E-state index in [9.17, 15) is 8.42 Å². The molecule has 18 heavy (non-hydrogen) atoms. The predicted octanol–water partition coefficient (Wildman–Crippen LogP) is 2.40. The summed E-state index contributed by atoms with van der Waals surface area (Å²) in [5, 5.41) is 3.46. The van der Waals surface area contributed by atoms with Crippen LogP contribution in [0.2, 0.25) is 0 Å². The lowest BCUT2D eigenvalue weighted by molar-refractivity contribution is 0.479. The lowest BCUT2D eigenvalue weighted by Crippen LogP contribution is -2.26. The fourth-order valence-corrected chi connectivity index (χ4v) is 5.14. The van der Waals surface area contributed by atoms with Gasteiger partial charge in [-0.05, 0) is 44.4 Å². The minimum atomic E-state index is -2.75. The molecule has 1 aliphatic rings. The van der Waals surface area contributed by atoms with Crippen LogP contribution in [0.5, 0.6) is 0 Å². The molecule has 0 radical (unpaired) electrons. The summed E-state index contributed by atoms with van der Waals surface area (Å²) >= 11 is 1.84. The van der Waals surface area contributed by atoms with Crippen LogP contribution in [0.3, 0.4) is 0 Å². The van der Waals surface area contributed by atoms with Crippen molar-refractivity contribution in [2.75, 3.05) is 18.1 Å². The maximum atomic E-state index is 11.4. The Bertz CT molecular complexity index is 493. The molecular formula is C13H21NO2S2. The van der Waals surface area contributed by atoms with E-state index in [1.54, 1.807) is 0 Å². The molecule has 0 aromatic carbocycles. The van der Waals surface area contributed by atoms with Crippen molar-refractivity contribution < 1.29 is 8.42 Å². The number of thiophene rings is 1. The van der Waals surface area contributed by atoms with Crippen molar-refractivity contribution in [3.63, 3.8) is 0 Å². The van der Waals surface area contributed by atoms with E-state index in [0.29, 0.717) is 23.5 Å². The smallest absolute Gasteiger partial charge is 0.150 e. The fourth-order valence-electron chi connectivity index (χ4n) is 2.29. The Labute approximate surface area is 114 Å². The van der Waals surface area contributed by atoms with Gasteiger partial charge < -0.3 is 5.32 Å². The van der Waals surface area contributed by atoms with E-state index in [2.05, 4.69) is 31.3 Å². The summed E-state index contributed by atoms with van der Waals surface area (Å²) in [6.07, 6.45) is 1.89. The minimum absolute atomic E-state index is 0.294. The van der Waals surface area contributed by atoms with Gasteiger partial charge in [0.2, 0.25) is 0 Å². The highest BCUT2D eigenvalue weighted by molar-refractivity contribution is 7.91. The summed E-state index contributed by atoms with van der Waals surface area (Å²) < 4.78 is 22.7. The Morgan fingerprint density at radius 1 is 1.50 bits per heavy atom. The van der Waals surface area contributed by atoms with Crippen molar-refractivity contribution in [2.45, 2.75) is 32.7 Å². The van der Waals surface area contributed by atoms with Gasteiger partial charge in [0.05, 0.1) is 11.5 Å². The summed E-state index contributed by atoms with van der Waals surface area (Å²) in [6.45, 7) is 5.12. The maximum absolute atomic E-state index is 11.4. The summed E-state index contributed by atoms with van der Waals surface area (Å²) in [7, 11) is -2.75. The molecule has 0 saturated carbocycles. The molecule has 0 aliphatic carbocycles. The molecule has 3 nitrogen and oxygen atoms in total. The Kier molecular flexibility index (Phi) is 4.45. The molecule has 1 aromatic rings. The number of sulfone groups is 1. The zero-order chi connectivity index (χ0) is 13.2. The van der Waals surface area contributed by atoms with E-state index in [1.165, 1.54) is 9.75 Å². The third kappa shape index (κ3) is 3.56. The summed E-state index contributed by atoms with van der Waals surface area (Å²) in [5.74, 6) is 1.02. The molecule has 2 unspecified atom stereocenters. The Balaban J connectivity index is 1.83. The molecule has 1 N–H and O–H groups in total. The van der Waals surface area contributed by atoms with Crippen molar-refractivity contribution in [1.29, 1.82) is 0 Å². The third-order valence-electron chi connectivity index (χ3n) is 3.50. The van der Waals surface area contributed by atoms with E-state index in [1.807, 2.05) is 11.3 Å². The highest BCUT2D eigenvalue weighted by atomic mass is 32.2. The molecule has 1 fully saturated rings. The molecule has 0 amide bonds. The molecule has 1 saturated heterocycles. The van der Waals surface area contributed by atoms with Crippen LogP contribution in [0.15, 0.2) is 12.1 Å². The van der Waals surface area contributed by atoms with Gasteiger partial charge in [-0.3, -0.25) is 0 Å². The normalized spacial score (nSPS) is 24.2. The second-order valence-corrected chi connectivity index (χ2v) is 8.49. The molecule has 2 atom stereocenters. The first-order valence-electron chi connectivity index (χ1n) is 6.52. The highest BCUT2D eigenvalue weighted by Crippen LogP contribution is 2.24. The van der Waals surface area contributed by atoms with Gasteiger partial charge in [0.15, 0.2) is 9.84 Å². The van der Waals surface area contributed by atoms with E-state index in [-0.39, 0.29) is 0 Å². The summed E-state index contributed by atoms with van der Waals surface area (Å²) in [5.41, 5.74) is 0. The van der Waals surface area contributed by atoms with Crippen LogP contribution < -0.4 is 5.32 Å². The van der Waals surface area contributed by atoms with Gasteiger partial charge in [0.25, 0.3) is 0 Å².